The van der Waals surface area contributed by atoms with Gasteiger partial charge >= 0.3 is 0 Å². The van der Waals surface area contributed by atoms with Gasteiger partial charge in [-0.15, -0.1) is 0 Å². The second-order valence-corrected chi connectivity index (χ2v) is 10.7. The molecule has 6 nitrogen and oxygen atoms in total. The molecule has 3 aromatic rings. The van der Waals surface area contributed by atoms with Gasteiger partial charge < -0.3 is 24.8 Å². The van der Waals surface area contributed by atoms with Crippen LogP contribution in [0, 0.1) is 35.0 Å². The first-order chi connectivity index (χ1) is 20.2. The summed E-state index contributed by atoms with van der Waals surface area (Å²) < 4.78 is 82.1. The predicted octanol–water partition coefficient (Wildman–Crippen LogP) is 6.40. The van der Waals surface area contributed by atoms with Crippen molar-refractivity contribution in [2.75, 3.05) is 25.0 Å². The Kier molecular flexibility index (Phi) is 9.22. The van der Waals surface area contributed by atoms with Crippen molar-refractivity contribution in [2.45, 2.75) is 51.3 Å². The molecule has 1 amide bonds. The van der Waals surface area contributed by atoms with Crippen LogP contribution in [0.15, 0.2) is 48.5 Å². The Morgan fingerprint density at radius 2 is 1.52 bits per heavy atom. The van der Waals surface area contributed by atoms with Crippen LogP contribution in [0.2, 0.25) is 0 Å². The molecule has 5 rings (SSSR count). The predicted molar refractivity (Wildman–Crippen MR) is 144 cm³/mol. The first-order valence-electron chi connectivity index (χ1n) is 13.8. The van der Waals surface area contributed by atoms with Crippen LogP contribution in [0.3, 0.4) is 0 Å². The van der Waals surface area contributed by atoms with E-state index in [0.29, 0.717) is 12.1 Å². The molecule has 2 N–H and O–H groups in total. The Balaban J connectivity index is 1.41. The molecule has 11 heteroatoms. The van der Waals surface area contributed by atoms with Crippen molar-refractivity contribution in [3.05, 3.63) is 99.9 Å². The van der Waals surface area contributed by atoms with Crippen molar-refractivity contribution < 1.29 is 41.3 Å². The van der Waals surface area contributed by atoms with Crippen LogP contribution in [0.4, 0.5) is 27.6 Å². The van der Waals surface area contributed by atoms with Crippen LogP contribution in [0.5, 0.6) is 0 Å². The van der Waals surface area contributed by atoms with Crippen LogP contribution >= 0.6 is 0 Å². The molecule has 42 heavy (non-hydrogen) atoms. The third kappa shape index (κ3) is 6.19. The van der Waals surface area contributed by atoms with Gasteiger partial charge in [0.15, 0.2) is 29.6 Å². The van der Waals surface area contributed by atoms with Crippen LogP contribution < -0.4 is 5.32 Å². The number of amides is 1. The molecule has 224 valence electrons. The quantitative estimate of drug-likeness (QED) is 0.189. The van der Waals surface area contributed by atoms with Gasteiger partial charge in [-0.05, 0) is 49.2 Å². The number of piperidine rings is 1. The number of likely N-dealkylation sites (tertiary alicyclic amines) is 1. The Labute approximate surface area is 240 Å². The summed E-state index contributed by atoms with van der Waals surface area (Å²) in [5.74, 6) is -12.7. The van der Waals surface area contributed by atoms with Crippen molar-refractivity contribution in [1.82, 2.24) is 4.90 Å². The van der Waals surface area contributed by atoms with Gasteiger partial charge in [0.1, 0.15) is 5.56 Å². The van der Waals surface area contributed by atoms with Crippen molar-refractivity contribution in [1.29, 1.82) is 0 Å². The fourth-order valence-electron chi connectivity index (χ4n) is 5.49. The Morgan fingerprint density at radius 3 is 2.17 bits per heavy atom. The summed E-state index contributed by atoms with van der Waals surface area (Å²) in [7, 11) is 0. The Bertz CT molecular complexity index is 1400. The van der Waals surface area contributed by atoms with Gasteiger partial charge in [-0.1, -0.05) is 49.7 Å². The average Bonchev–Trinajstić information content (AvgIpc) is 3.01. The zero-order chi connectivity index (χ0) is 30.0. The van der Waals surface area contributed by atoms with Gasteiger partial charge in [-0.2, -0.15) is 0 Å². The lowest BCUT2D eigenvalue weighted by Crippen LogP contribution is -2.45. The minimum absolute atomic E-state index is 0.0414. The number of ether oxygens (including phenoxy) is 2. The molecule has 0 spiro atoms. The molecule has 2 saturated heterocycles. The summed E-state index contributed by atoms with van der Waals surface area (Å²) in [4.78, 5) is 15.0. The molecule has 0 bridgehead atoms. The number of halogens is 5. The highest BCUT2D eigenvalue weighted by molar-refractivity contribution is 6.04. The van der Waals surface area contributed by atoms with E-state index in [2.05, 4.69) is 17.1 Å². The fraction of sp³-hybridized carbons (Fsp3) is 0.387. The number of hydrogen-bond acceptors (Lipinski definition) is 5. The number of anilines is 1. The number of benzene rings is 3. The maximum Gasteiger partial charge on any atom is 0.261 e. The van der Waals surface area contributed by atoms with Gasteiger partial charge in [0, 0.05) is 23.7 Å². The third-order valence-electron chi connectivity index (χ3n) is 7.86. The summed E-state index contributed by atoms with van der Waals surface area (Å²) >= 11 is 0. The van der Waals surface area contributed by atoms with E-state index < -0.39 is 46.8 Å². The fourth-order valence-corrected chi connectivity index (χ4v) is 5.49. The van der Waals surface area contributed by atoms with E-state index in [-0.39, 0.29) is 30.4 Å². The van der Waals surface area contributed by atoms with E-state index in [1.807, 2.05) is 24.3 Å². The molecule has 0 saturated carbocycles. The maximum atomic E-state index is 14.2. The van der Waals surface area contributed by atoms with E-state index in [0.717, 1.165) is 37.1 Å². The minimum Gasteiger partial charge on any atom is -0.392 e. The number of nitrogens with zero attached hydrogens (tertiary/aromatic N) is 1. The normalized spacial score (nSPS) is 23.1. The van der Waals surface area contributed by atoms with E-state index in [1.165, 1.54) is 18.6 Å². The Morgan fingerprint density at radius 1 is 0.881 bits per heavy atom. The van der Waals surface area contributed by atoms with E-state index in [1.54, 1.807) is 12.1 Å². The number of rotatable bonds is 7. The molecular formula is C31H31F5N2O4. The van der Waals surface area contributed by atoms with Crippen LogP contribution in [-0.4, -0.2) is 41.7 Å². The standard InChI is InChI=1S/C31H31F5N2O4/c1-17-22(15-38-12-3-2-4-13-38)41-31(42-29(17)19-10-8-18(16-39)9-11-19)20-6-5-7-21(14-20)37-30(40)23-24(32)26(34)28(36)27(35)25(23)33/h5-11,14,17,22,29,31,39H,2-4,12-13,15-16H2,1H3,(H,37,40). The highest BCUT2D eigenvalue weighted by Gasteiger charge is 2.39. The van der Waals surface area contributed by atoms with Gasteiger partial charge in [0.2, 0.25) is 5.82 Å². The van der Waals surface area contributed by atoms with Crippen LogP contribution in [0.25, 0.3) is 0 Å². The molecule has 0 aromatic heterocycles. The van der Waals surface area contributed by atoms with Crippen molar-refractivity contribution in [2.24, 2.45) is 5.92 Å². The maximum absolute atomic E-state index is 14.2. The summed E-state index contributed by atoms with van der Waals surface area (Å²) in [6, 6.07) is 13.6. The van der Waals surface area contributed by atoms with E-state index in [9.17, 15) is 31.9 Å². The number of hydrogen-bond donors (Lipinski definition) is 2. The van der Waals surface area contributed by atoms with E-state index >= 15 is 0 Å². The summed E-state index contributed by atoms with van der Waals surface area (Å²) in [5, 5.41) is 11.7. The second-order valence-electron chi connectivity index (χ2n) is 10.7. The number of aliphatic hydroxyl groups excluding tert-OH is 1. The lowest BCUT2D eigenvalue weighted by molar-refractivity contribution is -0.276. The second kappa shape index (κ2) is 12.9. The van der Waals surface area contributed by atoms with Crippen molar-refractivity contribution in [3.63, 3.8) is 0 Å². The molecule has 2 fully saturated rings. The van der Waals surface area contributed by atoms with Gasteiger partial charge in [-0.25, -0.2) is 22.0 Å². The molecule has 2 heterocycles. The van der Waals surface area contributed by atoms with Crippen LogP contribution in [0.1, 0.15) is 65.6 Å². The topological polar surface area (TPSA) is 71.0 Å². The largest absolute Gasteiger partial charge is 0.392 e. The highest BCUT2D eigenvalue weighted by Crippen LogP contribution is 2.42. The zero-order valence-electron chi connectivity index (χ0n) is 22.9. The summed E-state index contributed by atoms with van der Waals surface area (Å²) in [6.07, 6.45) is 1.92. The molecule has 2 aliphatic heterocycles. The first kappa shape index (κ1) is 30.1. The SMILES string of the molecule is CC1C(CN2CCCCC2)OC(c2cccc(NC(=O)c3c(F)c(F)c(F)c(F)c3F)c2)OC1c1ccc(CO)cc1. The lowest BCUT2D eigenvalue weighted by Gasteiger charge is -2.43. The van der Waals surface area contributed by atoms with E-state index in [4.69, 9.17) is 9.47 Å². The third-order valence-corrected chi connectivity index (χ3v) is 7.86. The number of nitrogens with one attached hydrogen (secondary N) is 1. The van der Waals surface area contributed by atoms with Crippen molar-refractivity contribution >= 4 is 11.6 Å². The molecule has 2 aliphatic rings. The van der Waals surface area contributed by atoms with Gasteiger partial charge in [0.05, 0.1) is 18.8 Å². The molecule has 0 aliphatic carbocycles. The summed E-state index contributed by atoms with van der Waals surface area (Å²) in [5.41, 5.74) is 0.606. The zero-order valence-corrected chi connectivity index (χ0v) is 22.9. The molecule has 0 radical (unpaired) electrons. The monoisotopic (exact) mass is 590 g/mol. The average molecular weight is 591 g/mol. The van der Waals surface area contributed by atoms with Gasteiger partial charge in [0.25, 0.3) is 5.91 Å². The smallest absolute Gasteiger partial charge is 0.261 e. The molecule has 4 atom stereocenters. The molecule has 3 aromatic carbocycles. The molecular weight excluding hydrogens is 559 g/mol. The minimum atomic E-state index is -2.34. The molecule has 4 unspecified atom stereocenters. The first-order valence-corrected chi connectivity index (χ1v) is 13.8. The van der Waals surface area contributed by atoms with Gasteiger partial charge in [-0.3, -0.25) is 4.79 Å². The summed E-state index contributed by atoms with van der Waals surface area (Å²) in [6.45, 7) is 4.58. The van der Waals surface area contributed by atoms with Crippen LogP contribution in [-0.2, 0) is 16.1 Å². The number of aliphatic hydroxyl groups is 1. The number of carbonyl (C=O) groups excluding carboxylic acids is 1. The lowest BCUT2D eigenvalue weighted by atomic mass is 9.89. The van der Waals surface area contributed by atoms with Crippen molar-refractivity contribution in [3.8, 4) is 0 Å². The Hall–Kier alpha value is -3.38. The highest BCUT2D eigenvalue weighted by atomic mass is 19.2. The number of carbonyl (C=O) groups is 1.